The van der Waals surface area contributed by atoms with Crippen LogP contribution >= 0.6 is 15.6 Å². The number of nitriles is 1. The van der Waals surface area contributed by atoms with E-state index in [1.54, 1.807) is 0 Å². The van der Waals surface area contributed by atoms with Crippen LogP contribution in [0.2, 0.25) is 0 Å². The third-order valence-electron chi connectivity index (χ3n) is 1.11. The van der Waals surface area contributed by atoms with Crippen molar-refractivity contribution >= 4 is 15.6 Å². The molecule has 0 rings (SSSR count). The summed E-state index contributed by atoms with van der Waals surface area (Å²) in [6.07, 6.45) is -3.26. The lowest BCUT2D eigenvalue weighted by Gasteiger charge is -2.18. The average Bonchev–Trinajstić information content (AvgIpc) is 1.94. The van der Waals surface area contributed by atoms with Gasteiger partial charge in [-0.3, -0.25) is 9.05 Å². The van der Waals surface area contributed by atoms with Crippen molar-refractivity contribution in [3.05, 3.63) is 0 Å². The highest BCUT2D eigenvalue weighted by molar-refractivity contribution is 7.46. The highest BCUT2D eigenvalue weighted by Crippen LogP contribution is 2.42. The van der Waals surface area contributed by atoms with Gasteiger partial charge in [0.05, 0.1) is 6.07 Å². The standard InChI is InChI=1S/C4H9NO8P2/c1-3(12-14(6,7)8)4(2-5)13-15(9,10)11/h3-4H,1H3,(H2,6,7,8)(H2,9,10,11). The Bertz CT molecular complexity index is 337. The number of nitrogens with zero attached hydrogens (tertiary/aromatic N) is 1. The number of phosphoric acid groups is 2. The van der Waals surface area contributed by atoms with Gasteiger partial charge in [-0.15, -0.1) is 0 Å². The van der Waals surface area contributed by atoms with Crippen molar-refractivity contribution in [2.75, 3.05) is 0 Å². The Morgan fingerprint density at radius 3 is 1.80 bits per heavy atom. The summed E-state index contributed by atoms with van der Waals surface area (Å²) >= 11 is 0. The normalized spacial score (nSPS) is 16.8. The molecule has 0 saturated carbocycles. The van der Waals surface area contributed by atoms with Gasteiger partial charge in [-0.1, -0.05) is 0 Å². The molecule has 0 spiro atoms. The van der Waals surface area contributed by atoms with Gasteiger partial charge in [0.2, 0.25) is 0 Å². The van der Waals surface area contributed by atoms with Gasteiger partial charge in [-0.25, -0.2) is 9.13 Å². The lowest BCUT2D eigenvalue weighted by molar-refractivity contribution is 0.0515. The molecule has 0 aliphatic rings. The van der Waals surface area contributed by atoms with Gasteiger partial charge >= 0.3 is 15.6 Å². The Labute approximate surface area is 84.7 Å². The zero-order valence-electron chi connectivity index (χ0n) is 7.42. The van der Waals surface area contributed by atoms with Crippen molar-refractivity contribution in [3.8, 4) is 6.07 Å². The Kier molecular flexibility index (Phi) is 5.06. The molecule has 88 valence electrons. The van der Waals surface area contributed by atoms with Crippen LogP contribution in [-0.4, -0.2) is 31.8 Å². The van der Waals surface area contributed by atoms with Crippen LogP contribution in [0.15, 0.2) is 0 Å². The fourth-order valence-corrected chi connectivity index (χ4v) is 1.69. The van der Waals surface area contributed by atoms with Crippen molar-refractivity contribution in [2.45, 2.75) is 19.1 Å². The molecule has 0 aromatic carbocycles. The average molecular weight is 261 g/mol. The van der Waals surface area contributed by atoms with Crippen molar-refractivity contribution < 1.29 is 37.8 Å². The van der Waals surface area contributed by atoms with Gasteiger partial charge < -0.3 is 19.6 Å². The summed E-state index contributed by atoms with van der Waals surface area (Å²) in [5.41, 5.74) is 0. The molecule has 0 fully saturated rings. The van der Waals surface area contributed by atoms with Gasteiger partial charge in [-0.05, 0) is 6.92 Å². The van der Waals surface area contributed by atoms with Crippen molar-refractivity contribution in [1.29, 1.82) is 5.26 Å². The summed E-state index contributed by atoms with van der Waals surface area (Å²) in [5, 5.41) is 8.41. The molecular weight excluding hydrogens is 252 g/mol. The second kappa shape index (κ2) is 5.16. The third-order valence-corrected chi connectivity index (χ3v) is 2.22. The molecule has 2 unspecified atom stereocenters. The van der Waals surface area contributed by atoms with E-state index in [1.807, 2.05) is 0 Å². The van der Waals surface area contributed by atoms with E-state index in [9.17, 15) is 9.13 Å². The largest absolute Gasteiger partial charge is 0.470 e. The minimum atomic E-state index is -4.91. The highest BCUT2D eigenvalue weighted by atomic mass is 31.2. The molecule has 0 radical (unpaired) electrons. The molecule has 2 atom stereocenters. The van der Waals surface area contributed by atoms with E-state index in [-0.39, 0.29) is 0 Å². The maximum absolute atomic E-state index is 10.3. The molecule has 0 saturated heterocycles. The smallest absolute Gasteiger partial charge is 0.303 e. The van der Waals surface area contributed by atoms with Crippen LogP contribution in [0, 0.1) is 11.3 Å². The molecule has 0 aromatic heterocycles. The summed E-state index contributed by atoms with van der Waals surface area (Å²) in [7, 11) is -9.75. The summed E-state index contributed by atoms with van der Waals surface area (Å²) in [4.78, 5) is 33.4. The van der Waals surface area contributed by atoms with Gasteiger partial charge in [0.15, 0.2) is 6.10 Å². The summed E-state index contributed by atoms with van der Waals surface area (Å²) < 4.78 is 28.6. The SMILES string of the molecule is CC(OP(=O)(O)O)C(C#N)OP(=O)(O)O. The van der Waals surface area contributed by atoms with Crippen LogP contribution in [0.1, 0.15) is 6.92 Å². The lowest BCUT2D eigenvalue weighted by atomic mass is 10.3. The lowest BCUT2D eigenvalue weighted by Crippen LogP contribution is -2.25. The molecule has 11 heteroatoms. The monoisotopic (exact) mass is 261 g/mol. The molecule has 15 heavy (non-hydrogen) atoms. The van der Waals surface area contributed by atoms with Crippen LogP contribution in [-0.2, 0) is 18.2 Å². The first-order valence-corrected chi connectivity index (χ1v) is 6.49. The number of phosphoric ester groups is 2. The molecule has 0 aromatic rings. The van der Waals surface area contributed by atoms with Gasteiger partial charge in [-0.2, -0.15) is 5.26 Å². The van der Waals surface area contributed by atoms with E-state index < -0.39 is 27.9 Å². The zero-order valence-corrected chi connectivity index (χ0v) is 9.21. The van der Waals surface area contributed by atoms with E-state index >= 15 is 0 Å². The quantitative estimate of drug-likeness (QED) is 0.478. The first kappa shape index (κ1) is 14.7. The second-order valence-electron chi connectivity index (χ2n) is 2.45. The summed E-state index contributed by atoms with van der Waals surface area (Å²) in [6.45, 7) is 1.03. The minimum Gasteiger partial charge on any atom is -0.303 e. The molecule has 0 aliphatic heterocycles. The van der Waals surface area contributed by atoms with E-state index in [2.05, 4.69) is 9.05 Å². The third kappa shape index (κ3) is 7.62. The maximum Gasteiger partial charge on any atom is 0.470 e. The summed E-state index contributed by atoms with van der Waals surface area (Å²) in [5.74, 6) is 0. The van der Waals surface area contributed by atoms with Crippen molar-refractivity contribution in [3.63, 3.8) is 0 Å². The molecular formula is C4H9NO8P2. The second-order valence-corrected chi connectivity index (χ2v) is 4.83. The Morgan fingerprint density at radius 1 is 1.13 bits per heavy atom. The van der Waals surface area contributed by atoms with Crippen LogP contribution in [0.25, 0.3) is 0 Å². The Balaban J connectivity index is 4.51. The van der Waals surface area contributed by atoms with Crippen LogP contribution in [0.3, 0.4) is 0 Å². The minimum absolute atomic E-state index is 1.03. The van der Waals surface area contributed by atoms with Crippen molar-refractivity contribution in [1.82, 2.24) is 0 Å². The Morgan fingerprint density at radius 2 is 1.53 bits per heavy atom. The van der Waals surface area contributed by atoms with E-state index in [0.717, 1.165) is 6.92 Å². The predicted molar refractivity (Wildman–Crippen MR) is 45.1 cm³/mol. The predicted octanol–water partition coefficient (Wildman–Crippen LogP) is -0.514. The molecule has 0 amide bonds. The van der Waals surface area contributed by atoms with Crippen LogP contribution in [0.4, 0.5) is 0 Å². The topological polar surface area (TPSA) is 157 Å². The Hall–Kier alpha value is -0.290. The van der Waals surface area contributed by atoms with Crippen LogP contribution in [0.5, 0.6) is 0 Å². The molecule has 9 nitrogen and oxygen atoms in total. The number of rotatable bonds is 5. The van der Waals surface area contributed by atoms with Gasteiger partial charge in [0.1, 0.15) is 6.10 Å². The van der Waals surface area contributed by atoms with Gasteiger partial charge in [0, 0.05) is 0 Å². The van der Waals surface area contributed by atoms with Gasteiger partial charge in [0.25, 0.3) is 0 Å². The van der Waals surface area contributed by atoms with Crippen molar-refractivity contribution in [2.24, 2.45) is 0 Å². The first-order valence-electron chi connectivity index (χ1n) is 3.42. The van der Waals surface area contributed by atoms with E-state index in [0.29, 0.717) is 0 Å². The zero-order chi connectivity index (χ0) is 12.3. The maximum atomic E-state index is 10.3. The van der Waals surface area contributed by atoms with Crippen LogP contribution < -0.4 is 0 Å². The number of hydrogen-bond acceptors (Lipinski definition) is 5. The molecule has 0 aliphatic carbocycles. The number of hydrogen-bond donors (Lipinski definition) is 4. The highest BCUT2D eigenvalue weighted by Gasteiger charge is 2.31. The molecule has 0 bridgehead atoms. The molecule has 0 heterocycles. The fraction of sp³-hybridized carbons (Fsp3) is 0.750. The van der Waals surface area contributed by atoms with E-state index in [4.69, 9.17) is 24.8 Å². The first-order chi connectivity index (χ1) is 6.55. The van der Waals surface area contributed by atoms with E-state index in [1.165, 1.54) is 6.07 Å². The fourth-order valence-electron chi connectivity index (χ4n) is 0.634. The molecule has 4 N–H and O–H groups in total. The summed E-state index contributed by atoms with van der Waals surface area (Å²) in [6, 6.07) is 1.30.